The van der Waals surface area contributed by atoms with E-state index < -0.39 is 22.8 Å². The van der Waals surface area contributed by atoms with Gasteiger partial charge in [0.2, 0.25) is 0 Å². The fraction of sp³-hybridized carbons (Fsp3) is 0.833. The highest BCUT2D eigenvalue weighted by atomic mass is 16.4. The molecular formula is C12H26O6. The lowest BCUT2D eigenvalue weighted by atomic mass is 9.98. The maximum atomic E-state index is 10.0. The first-order valence-electron chi connectivity index (χ1n) is 5.49. The second-order valence-corrected chi connectivity index (χ2v) is 5.56. The van der Waals surface area contributed by atoms with Gasteiger partial charge in [0, 0.05) is 0 Å². The van der Waals surface area contributed by atoms with Gasteiger partial charge in [-0.25, -0.2) is 0 Å². The summed E-state index contributed by atoms with van der Waals surface area (Å²) in [6.07, 6.45) is 0. The van der Waals surface area contributed by atoms with Gasteiger partial charge in [-0.3, -0.25) is 9.59 Å². The Labute approximate surface area is 108 Å². The van der Waals surface area contributed by atoms with Gasteiger partial charge >= 0.3 is 11.9 Å². The largest absolute Gasteiger partial charge is 0.481 e. The molecule has 0 unspecified atom stereocenters. The summed E-state index contributed by atoms with van der Waals surface area (Å²) in [5.74, 6) is -1.51. The van der Waals surface area contributed by atoms with Crippen LogP contribution in [-0.4, -0.2) is 45.6 Å². The van der Waals surface area contributed by atoms with Gasteiger partial charge in [-0.05, 0) is 41.5 Å². The van der Waals surface area contributed by atoms with E-state index in [9.17, 15) is 9.59 Å². The van der Waals surface area contributed by atoms with Gasteiger partial charge in [0.1, 0.15) is 0 Å². The highest BCUT2D eigenvalue weighted by Gasteiger charge is 2.19. The van der Waals surface area contributed by atoms with E-state index in [-0.39, 0.29) is 13.2 Å². The van der Waals surface area contributed by atoms with Crippen LogP contribution in [0.15, 0.2) is 0 Å². The van der Waals surface area contributed by atoms with E-state index in [0.717, 1.165) is 0 Å². The number of carboxylic acid groups (broad SMARTS) is 2. The number of carbonyl (C=O) groups is 2. The first kappa shape index (κ1) is 22.1. The number of aliphatic carboxylic acids is 2. The molecule has 0 spiro atoms. The van der Waals surface area contributed by atoms with Gasteiger partial charge in [0.15, 0.2) is 0 Å². The normalized spacial score (nSPS) is 10.4. The van der Waals surface area contributed by atoms with Crippen molar-refractivity contribution in [3.8, 4) is 0 Å². The van der Waals surface area contributed by atoms with Crippen LogP contribution in [0.25, 0.3) is 0 Å². The molecule has 0 saturated carbocycles. The number of aliphatic hydroxyl groups excluding tert-OH is 2. The zero-order chi connectivity index (χ0) is 15.6. The van der Waals surface area contributed by atoms with E-state index >= 15 is 0 Å². The predicted molar refractivity (Wildman–Crippen MR) is 68.4 cm³/mol. The average molecular weight is 266 g/mol. The molecule has 18 heavy (non-hydrogen) atoms. The van der Waals surface area contributed by atoms with E-state index in [2.05, 4.69) is 0 Å². The third kappa shape index (κ3) is 20.3. The van der Waals surface area contributed by atoms with Gasteiger partial charge in [-0.15, -0.1) is 0 Å². The number of hydrogen-bond acceptors (Lipinski definition) is 4. The lowest BCUT2D eigenvalue weighted by Gasteiger charge is -2.08. The summed E-state index contributed by atoms with van der Waals surface area (Å²) in [4.78, 5) is 20.0. The second kappa shape index (κ2) is 9.85. The first-order valence-corrected chi connectivity index (χ1v) is 5.49. The predicted octanol–water partition coefficient (Wildman–Crippen LogP) is 1.21. The molecule has 0 fully saturated rings. The summed E-state index contributed by atoms with van der Waals surface area (Å²) in [5, 5.41) is 31.8. The number of rotatable bonds is 1. The quantitative estimate of drug-likeness (QED) is 0.567. The average Bonchev–Trinajstić information content (AvgIpc) is 2.16. The Morgan fingerprint density at radius 1 is 0.722 bits per heavy atom. The molecule has 0 aliphatic rings. The van der Waals surface area contributed by atoms with Crippen molar-refractivity contribution in [2.24, 2.45) is 10.8 Å². The number of aliphatic hydroxyl groups is 2. The third-order valence-electron chi connectivity index (χ3n) is 1.38. The standard InChI is InChI=1S/2C5H10O2.C2H6O2/c2*1-5(2,3)4(6)7;3-1-2-4/h2*1-3H3,(H,6,7);3-4H,1-2H2. The monoisotopic (exact) mass is 266 g/mol. The summed E-state index contributed by atoms with van der Waals surface area (Å²) in [5.41, 5.74) is -1.17. The maximum absolute atomic E-state index is 10.0. The van der Waals surface area contributed by atoms with Crippen molar-refractivity contribution >= 4 is 11.9 Å². The van der Waals surface area contributed by atoms with E-state index in [1.165, 1.54) is 0 Å². The van der Waals surface area contributed by atoms with Crippen molar-refractivity contribution in [2.45, 2.75) is 41.5 Å². The molecular weight excluding hydrogens is 240 g/mol. The van der Waals surface area contributed by atoms with Crippen LogP contribution in [0.3, 0.4) is 0 Å². The van der Waals surface area contributed by atoms with E-state index in [1.54, 1.807) is 41.5 Å². The highest BCUT2D eigenvalue weighted by Crippen LogP contribution is 2.11. The molecule has 0 radical (unpaired) electrons. The van der Waals surface area contributed by atoms with Gasteiger partial charge in [-0.2, -0.15) is 0 Å². The van der Waals surface area contributed by atoms with Crippen LogP contribution in [-0.2, 0) is 9.59 Å². The molecule has 0 aromatic carbocycles. The Kier molecular flexibility index (Phi) is 12.1. The molecule has 0 aromatic rings. The Hall–Kier alpha value is -1.14. The van der Waals surface area contributed by atoms with Crippen molar-refractivity contribution in [1.82, 2.24) is 0 Å². The van der Waals surface area contributed by atoms with Crippen LogP contribution in [0.2, 0.25) is 0 Å². The van der Waals surface area contributed by atoms with Crippen molar-refractivity contribution in [3.63, 3.8) is 0 Å². The van der Waals surface area contributed by atoms with Crippen LogP contribution < -0.4 is 0 Å². The Morgan fingerprint density at radius 3 is 0.833 bits per heavy atom. The molecule has 0 rings (SSSR count). The fourth-order valence-electron chi connectivity index (χ4n) is 0. The van der Waals surface area contributed by atoms with Crippen LogP contribution >= 0.6 is 0 Å². The summed E-state index contributed by atoms with van der Waals surface area (Å²) in [7, 11) is 0. The van der Waals surface area contributed by atoms with E-state index in [4.69, 9.17) is 20.4 Å². The van der Waals surface area contributed by atoms with Crippen molar-refractivity contribution < 1.29 is 30.0 Å². The summed E-state index contributed by atoms with van der Waals surface area (Å²) in [6, 6.07) is 0. The molecule has 6 nitrogen and oxygen atoms in total. The SMILES string of the molecule is CC(C)(C)C(=O)O.CC(C)(C)C(=O)O.OCCO. The minimum absolute atomic E-state index is 0.125. The maximum Gasteiger partial charge on any atom is 0.308 e. The molecule has 0 saturated heterocycles. The Balaban J connectivity index is -0.000000196. The van der Waals surface area contributed by atoms with Gasteiger partial charge in [-0.1, -0.05) is 0 Å². The highest BCUT2D eigenvalue weighted by molar-refractivity contribution is 5.73. The molecule has 0 atom stereocenters. The zero-order valence-electron chi connectivity index (χ0n) is 12.0. The van der Waals surface area contributed by atoms with Crippen LogP contribution in [0, 0.1) is 10.8 Å². The second-order valence-electron chi connectivity index (χ2n) is 5.56. The summed E-state index contributed by atoms with van der Waals surface area (Å²) in [6.45, 7) is 9.72. The molecule has 0 amide bonds. The third-order valence-corrected chi connectivity index (χ3v) is 1.38. The molecule has 0 aliphatic carbocycles. The van der Waals surface area contributed by atoms with Gasteiger partial charge in [0.05, 0.1) is 24.0 Å². The molecule has 6 heteroatoms. The van der Waals surface area contributed by atoms with Crippen molar-refractivity contribution in [1.29, 1.82) is 0 Å². The number of hydrogen-bond donors (Lipinski definition) is 4. The Morgan fingerprint density at radius 2 is 0.833 bits per heavy atom. The van der Waals surface area contributed by atoms with Crippen LogP contribution in [0.1, 0.15) is 41.5 Å². The minimum Gasteiger partial charge on any atom is -0.481 e. The molecule has 0 aromatic heterocycles. The fourth-order valence-corrected chi connectivity index (χ4v) is 0. The van der Waals surface area contributed by atoms with E-state index in [1.807, 2.05) is 0 Å². The lowest BCUT2D eigenvalue weighted by Crippen LogP contribution is -2.18. The van der Waals surface area contributed by atoms with Crippen LogP contribution in [0.5, 0.6) is 0 Å². The Bertz CT molecular complexity index is 208. The van der Waals surface area contributed by atoms with Crippen LogP contribution in [0.4, 0.5) is 0 Å². The smallest absolute Gasteiger partial charge is 0.308 e. The van der Waals surface area contributed by atoms with Crippen molar-refractivity contribution in [2.75, 3.05) is 13.2 Å². The molecule has 110 valence electrons. The first-order chi connectivity index (χ1) is 7.80. The molecule has 0 heterocycles. The lowest BCUT2D eigenvalue weighted by molar-refractivity contribution is -0.146. The van der Waals surface area contributed by atoms with Gasteiger partial charge in [0.25, 0.3) is 0 Å². The zero-order valence-corrected chi connectivity index (χ0v) is 12.0. The van der Waals surface area contributed by atoms with Gasteiger partial charge < -0.3 is 20.4 Å². The van der Waals surface area contributed by atoms with Crippen molar-refractivity contribution in [3.05, 3.63) is 0 Å². The summed E-state index contributed by atoms with van der Waals surface area (Å²) < 4.78 is 0. The molecule has 4 N–H and O–H groups in total. The minimum atomic E-state index is -0.757. The number of carboxylic acids is 2. The molecule has 0 bridgehead atoms. The van der Waals surface area contributed by atoms with E-state index in [0.29, 0.717) is 0 Å². The molecule has 0 aliphatic heterocycles. The summed E-state index contributed by atoms with van der Waals surface area (Å²) >= 11 is 0. The topological polar surface area (TPSA) is 115 Å².